The molecule has 1 aromatic heterocycles. The highest BCUT2D eigenvalue weighted by Crippen LogP contribution is 2.23. The van der Waals surface area contributed by atoms with Crippen LogP contribution in [0.25, 0.3) is 0 Å². The predicted octanol–water partition coefficient (Wildman–Crippen LogP) is 4.25. The maximum atomic E-state index is 12.6. The fraction of sp³-hybridized carbons (Fsp3) is 0.0833. The van der Waals surface area contributed by atoms with E-state index in [-0.39, 0.29) is 0 Å². The molecule has 0 amide bonds. The van der Waals surface area contributed by atoms with Gasteiger partial charge in [0, 0.05) is 11.0 Å². The highest BCUT2D eigenvalue weighted by atomic mass is 79.9. The zero-order chi connectivity index (χ0) is 12.3. The van der Waals surface area contributed by atoms with Gasteiger partial charge < -0.3 is 5.32 Å². The quantitative estimate of drug-likeness (QED) is 0.857. The van der Waals surface area contributed by atoms with Crippen LogP contribution in [0.5, 0.6) is 0 Å². The topological polar surface area (TPSA) is 24.9 Å². The Bertz CT molecular complexity index is 516. The van der Waals surface area contributed by atoms with E-state index in [0.717, 1.165) is 15.7 Å². The number of rotatable bonds is 3. The Morgan fingerprint density at radius 3 is 2.76 bits per heavy atom. The Labute approximate surface area is 112 Å². The Morgan fingerprint density at radius 2 is 2.12 bits per heavy atom. The van der Waals surface area contributed by atoms with Crippen LogP contribution in [0.15, 0.2) is 41.0 Å². The second kappa shape index (κ2) is 5.47. The van der Waals surface area contributed by atoms with Crippen LogP contribution in [0.1, 0.15) is 5.56 Å². The molecule has 0 fully saturated rings. The van der Waals surface area contributed by atoms with Crippen LogP contribution in [0.3, 0.4) is 0 Å². The molecule has 0 saturated heterocycles. The van der Waals surface area contributed by atoms with Gasteiger partial charge in [0.25, 0.3) is 0 Å². The van der Waals surface area contributed by atoms with Crippen molar-refractivity contribution in [2.45, 2.75) is 6.54 Å². The minimum Gasteiger partial charge on any atom is -0.380 e. The first-order chi connectivity index (χ1) is 8.15. The molecule has 2 aromatic rings. The van der Waals surface area contributed by atoms with Crippen LogP contribution in [0, 0.1) is 5.95 Å². The van der Waals surface area contributed by atoms with Gasteiger partial charge >= 0.3 is 0 Å². The van der Waals surface area contributed by atoms with Crippen LogP contribution in [-0.4, -0.2) is 4.98 Å². The normalized spacial score (nSPS) is 10.3. The van der Waals surface area contributed by atoms with E-state index in [4.69, 9.17) is 11.6 Å². The molecule has 0 spiro atoms. The van der Waals surface area contributed by atoms with E-state index in [0.29, 0.717) is 11.6 Å². The molecule has 0 atom stereocenters. The third-order valence-corrected chi connectivity index (χ3v) is 3.42. The van der Waals surface area contributed by atoms with Crippen molar-refractivity contribution in [1.29, 1.82) is 0 Å². The fourth-order valence-electron chi connectivity index (χ4n) is 1.33. The lowest BCUT2D eigenvalue weighted by Gasteiger charge is -2.07. The Balaban J connectivity index is 2.02. The van der Waals surface area contributed by atoms with Crippen LogP contribution >= 0.6 is 27.5 Å². The lowest BCUT2D eigenvalue weighted by Crippen LogP contribution is -2.00. The molecule has 1 heterocycles. The molecule has 2 rings (SSSR count). The third kappa shape index (κ3) is 3.41. The number of pyridine rings is 1. The van der Waals surface area contributed by atoms with E-state index in [1.807, 2.05) is 18.2 Å². The average molecular weight is 316 g/mol. The Morgan fingerprint density at radius 1 is 1.29 bits per heavy atom. The number of halogens is 3. The molecule has 1 N–H and O–H groups in total. The molecule has 0 radical (unpaired) electrons. The molecule has 0 saturated carbocycles. The van der Waals surface area contributed by atoms with Crippen molar-refractivity contribution in [3.8, 4) is 0 Å². The van der Waals surface area contributed by atoms with Gasteiger partial charge in [-0.1, -0.05) is 17.7 Å². The van der Waals surface area contributed by atoms with E-state index in [1.54, 1.807) is 6.07 Å². The molecular formula is C12H9BrClFN2. The minimum atomic E-state index is -0.482. The molecule has 0 aliphatic carbocycles. The highest BCUT2D eigenvalue weighted by Gasteiger charge is 1.99. The summed E-state index contributed by atoms with van der Waals surface area (Å²) < 4.78 is 13.4. The van der Waals surface area contributed by atoms with Crippen molar-refractivity contribution in [3.05, 3.63) is 57.5 Å². The summed E-state index contributed by atoms with van der Waals surface area (Å²) in [6.07, 6.45) is 1.46. The van der Waals surface area contributed by atoms with Gasteiger partial charge in [0.1, 0.15) is 0 Å². The van der Waals surface area contributed by atoms with Crippen molar-refractivity contribution < 1.29 is 4.39 Å². The number of nitrogens with one attached hydrogen (secondary N) is 1. The molecular weight excluding hydrogens is 307 g/mol. The monoisotopic (exact) mass is 314 g/mol. The van der Waals surface area contributed by atoms with Crippen LogP contribution in [0.2, 0.25) is 5.02 Å². The summed E-state index contributed by atoms with van der Waals surface area (Å²) in [4.78, 5) is 3.56. The predicted molar refractivity (Wildman–Crippen MR) is 70.7 cm³/mol. The molecule has 0 bridgehead atoms. The maximum absolute atomic E-state index is 12.6. The fourth-order valence-corrected chi connectivity index (χ4v) is 1.88. The molecule has 88 valence electrons. The van der Waals surface area contributed by atoms with Gasteiger partial charge in [-0.05, 0) is 45.8 Å². The van der Waals surface area contributed by atoms with Crippen LogP contribution in [-0.2, 0) is 6.54 Å². The summed E-state index contributed by atoms with van der Waals surface area (Å²) in [6, 6.07) is 8.66. The minimum absolute atomic E-state index is 0.482. The van der Waals surface area contributed by atoms with Gasteiger partial charge in [-0.3, -0.25) is 0 Å². The van der Waals surface area contributed by atoms with E-state index >= 15 is 0 Å². The van der Waals surface area contributed by atoms with E-state index < -0.39 is 5.95 Å². The van der Waals surface area contributed by atoms with Crippen LogP contribution < -0.4 is 5.32 Å². The lowest BCUT2D eigenvalue weighted by molar-refractivity contribution is 0.584. The van der Waals surface area contributed by atoms with Crippen LogP contribution in [0.4, 0.5) is 10.1 Å². The van der Waals surface area contributed by atoms with Crippen molar-refractivity contribution in [1.82, 2.24) is 4.98 Å². The summed E-state index contributed by atoms with van der Waals surface area (Å²) >= 11 is 9.26. The molecule has 0 unspecified atom stereocenters. The number of aromatic nitrogens is 1. The number of hydrogen-bond acceptors (Lipinski definition) is 2. The number of hydrogen-bond donors (Lipinski definition) is 1. The Kier molecular flexibility index (Phi) is 3.97. The second-order valence-electron chi connectivity index (χ2n) is 3.47. The summed E-state index contributed by atoms with van der Waals surface area (Å²) in [7, 11) is 0. The summed E-state index contributed by atoms with van der Waals surface area (Å²) in [5, 5.41) is 3.82. The van der Waals surface area contributed by atoms with Crippen molar-refractivity contribution in [2.24, 2.45) is 0 Å². The standard InChI is InChI=1S/C12H9BrClFN2/c13-10-5-8(1-3-11(10)14)6-16-9-2-4-12(15)17-7-9/h1-5,7,16H,6H2. The largest absolute Gasteiger partial charge is 0.380 e. The average Bonchev–Trinajstić information content (AvgIpc) is 2.33. The Hall–Kier alpha value is -1.13. The van der Waals surface area contributed by atoms with E-state index in [1.165, 1.54) is 12.3 Å². The second-order valence-corrected chi connectivity index (χ2v) is 4.73. The smallest absolute Gasteiger partial charge is 0.212 e. The van der Waals surface area contributed by atoms with Gasteiger partial charge in [0.15, 0.2) is 0 Å². The van der Waals surface area contributed by atoms with E-state index in [2.05, 4.69) is 26.2 Å². The third-order valence-electron chi connectivity index (χ3n) is 2.21. The molecule has 5 heteroatoms. The lowest BCUT2D eigenvalue weighted by atomic mass is 10.2. The van der Waals surface area contributed by atoms with Crippen molar-refractivity contribution >= 4 is 33.2 Å². The molecule has 1 aromatic carbocycles. The SMILES string of the molecule is Fc1ccc(NCc2ccc(Cl)c(Br)c2)cn1. The number of benzene rings is 1. The van der Waals surface area contributed by atoms with Gasteiger partial charge in [-0.25, -0.2) is 4.98 Å². The number of anilines is 1. The van der Waals surface area contributed by atoms with Crippen molar-refractivity contribution in [3.63, 3.8) is 0 Å². The summed E-state index contributed by atoms with van der Waals surface area (Å²) in [5.41, 5.74) is 1.85. The molecule has 0 aliphatic rings. The first-order valence-electron chi connectivity index (χ1n) is 4.94. The molecule has 17 heavy (non-hydrogen) atoms. The highest BCUT2D eigenvalue weighted by molar-refractivity contribution is 9.10. The first kappa shape index (κ1) is 12.3. The summed E-state index contributed by atoms with van der Waals surface area (Å²) in [6.45, 7) is 0.628. The molecule has 0 aliphatic heterocycles. The molecule has 2 nitrogen and oxygen atoms in total. The summed E-state index contributed by atoms with van der Waals surface area (Å²) in [5.74, 6) is -0.482. The van der Waals surface area contributed by atoms with Gasteiger partial charge in [-0.2, -0.15) is 4.39 Å². The van der Waals surface area contributed by atoms with Gasteiger partial charge in [0.2, 0.25) is 5.95 Å². The number of nitrogens with zero attached hydrogens (tertiary/aromatic N) is 1. The first-order valence-corrected chi connectivity index (χ1v) is 6.11. The zero-order valence-electron chi connectivity index (χ0n) is 8.75. The van der Waals surface area contributed by atoms with Gasteiger partial charge in [0.05, 0.1) is 16.9 Å². The van der Waals surface area contributed by atoms with Crippen molar-refractivity contribution in [2.75, 3.05) is 5.32 Å². The maximum Gasteiger partial charge on any atom is 0.212 e. The van der Waals surface area contributed by atoms with E-state index in [9.17, 15) is 4.39 Å². The van der Waals surface area contributed by atoms with Gasteiger partial charge in [-0.15, -0.1) is 0 Å². The zero-order valence-corrected chi connectivity index (χ0v) is 11.1.